The summed E-state index contributed by atoms with van der Waals surface area (Å²) in [5, 5.41) is 2.89. The van der Waals surface area contributed by atoms with Crippen LogP contribution in [0.4, 0.5) is 0 Å². The summed E-state index contributed by atoms with van der Waals surface area (Å²) in [5.41, 5.74) is 5.82. The molecule has 1 atom stereocenters. The maximum Gasteiger partial charge on any atom is 0.188 e. The van der Waals surface area contributed by atoms with Crippen LogP contribution in [0.3, 0.4) is 0 Å². The molecule has 0 amide bonds. The van der Waals surface area contributed by atoms with Crippen LogP contribution < -0.4 is 11.1 Å². The molecule has 1 aliphatic carbocycles. The molecule has 5 nitrogen and oxygen atoms in total. The van der Waals surface area contributed by atoms with Gasteiger partial charge in [-0.2, -0.15) is 0 Å². The van der Waals surface area contributed by atoms with E-state index in [4.69, 9.17) is 5.73 Å². The minimum absolute atomic E-state index is 0.309. The Morgan fingerprint density at radius 2 is 1.89 bits per heavy atom. The van der Waals surface area contributed by atoms with E-state index in [1.54, 1.807) is 0 Å². The Bertz CT molecular complexity index is 400. The summed E-state index contributed by atoms with van der Waals surface area (Å²) in [5.74, 6) is 0.715. The van der Waals surface area contributed by atoms with Gasteiger partial charge in [0.05, 0.1) is 17.5 Å². The molecule has 1 aliphatic heterocycles. The summed E-state index contributed by atoms with van der Waals surface area (Å²) in [7, 11) is -2.91. The van der Waals surface area contributed by atoms with Gasteiger partial charge in [0, 0.05) is 6.04 Å². The smallest absolute Gasteiger partial charge is 0.188 e. The highest BCUT2D eigenvalue weighted by Gasteiger charge is 2.30. The van der Waals surface area contributed by atoms with Gasteiger partial charge in [0.2, 0.25) is 0 Å². The van der Waals surface area contributed by atoms with Crippen LogP contribution in [0.15, 0.2) is 4.99 Å². The van der Waals surface area contributed by atoms with Crippen molar-refractivity contribution in [3.8, 4) is 0 Å². The Hall–Kier alpha value is -0.780. The van der Waals surface area contributed by atoms with Crippen LogP contribution in [-0.4, -0.2) is 38.0 Å². The largest absolute Gasteiger partial charge is 0.370 e. The minimum atomic E-state index is -2.91. The highest BCUT2D eigenvalue weighted by atomic mass is 32.2. The lowest BCUT2D eigenvalue weighted by Crippen LogP contribution is -2.41. The molecule has 3 N–H and O–H groups in total. The number of rotatable bonds is 3. The second-order valence-electron chi connectivity index (χ2n) is 5.34. The number of nitrogens with one attached hydrogen (secondary N) is 1. The molecule has 0 bridgehead atoms. The SMILES string of the molecule is NC(=NCC1CCCS1(=O)=O)NC1CCCCC1. The monoisotopic (exact) mass is 273 g/mol. The Kier molecular flexibility index (Phi) is 4.48. The fourth-order valence-corrected chi connectivity index (χ4v) is 4.49. The molecule has 0 aromatic carbocycles. The van der Waals surface area contributed by atoms with Crippen LogP contribution in [0.25, 0.3) is 0 Å². The first-order valence-electron chi connectivity index (χ1n) is 6.86. The van der Waals surface area contributed by atoms with Crippen molar-refractivity contribution in [1.29, 1.82) is 0 Å². The third-order valence-electron chi connectivity index (χ3n) is 3.89. The van der Waals surface area contributed by atoms with Gasteiger partial charge in [-0.05, 0) is 25.7 Å². The van der Waals surface area contributed by atoms with Crippen LogP contribution in [0.5, 0.6) is 0 Å². The number of hydrogen-bond acceptors (Lipinski definition) is 3. The molecule has 1 heterocycles. The van der Waals surface area contributed by atoms with Crippen molar-refractivity contribution in [2.75, 3.05) is 12.3 Å². The first-order valence-corrected chi connectivity index (χ1v) is 8.57. The number of guanidine groups is 1. The van der Waals surface area contributed by atoms with Crippen LogP contribution >= 0.6 is 0 Å². The molecule has 0 aromatic rings. The first kappa shape index (κ1) is 13.6. The van der Waals surface area contributed by atoms with Gasteiger partial charge in [0.15, 0.2) is 15.8 Å². The van der Waals surface area contributed by atoms with Crippen molar-refractivity contribution in [2.45, 2.75) is 56.2 Å². The lowest BCUT2D eigenvalue weighted by molar-refractivity contribution is 0.412. The normalized spacial score (nSPS) is 29.3. The summed E-state index contributed by atoms with van der Waals surface area (Å²) >= 11 is 0. The first-order chi connectivity index (χ1) is 8.58. The standard InChI is InChI=1S/C12H23N3O2S/c13-12(15-10-5-2-1-3-6-10)14-9-11-7-4-8-18(11,16)17/h10-11H,1-9H2,(H3,13,14,15). The van der Waals surface area contributed by atoms with Crippen molar-refractivity contribution in [3.63, 3.8) is 0 Å². The van der Waals surface area contributed by atoms with Crippen molar-refractivity contribution < 1.29 is 8.42 Å². The molecule has 2 fully saturated rings. The molecule has 1 unspecified atom stereocenters. The minimum Gasteiger partial charge on any atom is -0.370 e. The average Bonchev–Trinajstić information content (AvgIpc) is 2.67. The molecule has 104 valence electrons. The Morgan fingerprint density at radius 3 is 2.50 bits per heavy atom. The molecule has 6 heteroatoms. The maximum absolute atomic E-state index is 11.6. The van der Waals surface area contributed by atoms with E-state index in [0.717, 1.165) is 25.7 Å². The maximum atomic E-state index is 11.6. The van der Waals surface area contributed by atoms with Crippen molar-refractivity contribution in [2.24, 2.45) is 10.7 Å². The predicted molar refractivity (Wildman–Crippen MR) is 73.3 cm³/mol. The van der Waals surface area contributed by atoms with Crippen molar-refractivity contribution >= 4 is 15.8 Å². The third kappa shape index (κ3) is 3.60. The highest BCUT2D eigenvalue weighted by Crippen LogP contribution is 2.20. The van der Waals surface area contributed by atoms with E-state index in [1.165, 1.54) is 19.3 Å². The van der Waals surface area contributed by atoms with Crippen molar-refractivity contribution in [1.82, 2.24) is 5.32 Å². The van der Waals surface area contributed by atoms with Crippen LogP contribution in [-0.2, 0) is 9.84 Å². The molecule has 0 spiro atoms. The molecule has 2 aliphatic rings. The topological polar surface area (TPSA) is 84.5 Å². The summed E-state index contributed by atoms with van der Waals surface area (Å²) in [6.07, 6.45) is 7.54. The second kappa shape index (κ2) is 5.91. The number of nitrogens with two attached hydrogens (primary N) is 1. The fourth-order valence-electron chi connectivity index (χ4n) is 2.77. The van der Waals surface area contributed by atoms with Gasteiger partial charge in [-0.3, -0.25) is 4.99 Å². The van der Waals surface area contributed by atoms with E-state index in [2.05, 4.69) is 10.3 Å². The zero-order valence-corrected chi connectivity index (χ0v) is 11.6. The summed E-state index contributed by atoms with van der Waals surface area (Å²) in [4.78, 5) is 4.20. The van der Waals surface area contributed by atoms with Crippen molar-refractivity contribution in [3.05, 3.63) is 0 Å². The number of sulfone groups is 1. The van der Waals surface area contributed by atoms with Crippen LogP contribution in [0.1, 0.15) is 44.9 Å². The molecular formula is C12H23N3O2S. The Labute approximate surface area is 109 Å². The van der Waals surface area contributed by atoms with Gasteiger partial charge in [0.25, 0.3) is 0 Å². The van der Waals surface area contributed by atoms with Crippen LogP contribution in [0, 0.1) is 0 Å². The number of aliphatic imine (C=N–C) groups is 1. The molecule has 1 saturated carbocycles. The van der Waals surface area contributed by atoms with E-state index in [0.29, 0.717) is 24.3 Å². The Morgan fingerprint density at radius 1 is 1.17 bits per heavy atom. The molecule has 0 radical (unpaired) electrons. The molecule has 1 saturated heterocycles. The van der Waals surface area contributed by atoms with Gasteiger partial charge in [-0.25, -0.2) is 8.42 Å². The summed E-state index contributed by atoms with van der Waals surface area (Å²) in [6, 6.07) is 0.419. The quantitative estimate of drug-likeness (QED) is 0.588. The van der Waals surface area contributed by atoms with Gasteiger partial charge in [0.1, 0.15) is 0 Å². The predicted octanol–water partition coefficient (Wildman–Crippen LogP) is 0.801. The van der Waals surface area contributed by atoms with Gasteiger partial charge in [-0.15, -0.1) is 0 Å². The zero-order valence-electron chi connectivity index (χ0n) is 10.8. The lowest BCUT2D eigenvalue weighted by atomic mass is 9.96. The van der Waals surface area contributed by atoms with Crippen LogP contribution in [0.2, 0.25) is 0 Å². The van der Waals surface area contributed by atoms with E-state index < -0.39 is 9.84 Å². The molecular weight excluding hydrogens is 250 g/mol. The lowest BCUT2D eigenvalue weighted by Gasteiger charge is -2.23. The van der Waals surface area contributed by atoms with Gasteiger partial charge in [-0.1, -0.05) is 19.3 Å². The number of hydrogen-bond donors (Lipinski definition) is 2. The second-order valence-corrected chi connectivity index (χ2v) is 7.74. The fraction of sp³-hybridized carbons (Fsp3) is 0.917. The molecule has 18 heavy (non-hydrogen) atoms. The summed E-state index contributed by atoms with van der Waals surface area (Å²) in [6.45, 7) is 0.313. The third-order valence-corrected chi connectivity index (χ3v) is 6.14. The zero-order chi connectivity index (χ0) is 13.0. The van der Waals surface area contributed by atoms with E-state index >= 15 is 0 Å². The van der Waals surface area contributed by atoms with Gasteiger partial charge >= 0.3 is 0 Å². The summed E-state index contributed by atoms with van der Waals surface area (Å²) < 4.78 is 23.3. The Balaban J connectivity index is 1.81. The van der Waals surface area contributed by atoms with E-state index in [9.17, 15) is 8.42 Å². The van der Waals surface area contributed by atoms with E-state index in [-0.39, 0.29) is 5.25 Å². The average molecular weight is 273 g/mol. The highest BCUT2D eigenvalue weighted by molar-refractivity contribution is 7.92. The number of nitrogens with zero attached hydrogens (tertiary/aromatic N) is 1. The molecule has 0 aromatic heterocycles. The molecule has 2 rings (SSSR count). The van der Waals surface area contributed by atoms with E-state index in [1.807, 2.05) is 0 Å². The van der Waals surface area contributed by atoms with Gasteiger partial charge < -0.3 is 11.1 Å².